The van der Waals surface area contributed by atoms with Gasteiger partial charge in [0.2, 0.25) is 0 Å². The van der Waals surface area contributed by atoms with Gasteiger partial charge in [0, 0.05) is 31.7 Å². The molecule has 1 aromatic heterocycles. The van der Waals surface area contributed by atoms with Gasteiger partial charge in [-0.2, -0.15) is 0 Å². The summed E-state index contributed by atoms with van der Waals surface area (Å²) in [6.45, 7) is 7.29. The Balaban J connectivity index is 1.55. The maximum Gasteiger partial charge on any atom is 0.191 e. The molecule has 6 nitrogen and oxygen atoms in total. The first kappa shape index (κ1) is 19.5. The molecule has 1 aliphatic rings. The second-order valence-corrected chi connectivity index (χ2v) is 7.09. The molecule has 146 valence electrons. The Labute approximate surface area is 161 Å². The first-order valence-electron chi connectivity index (χ1n) is 9.70. The van der Waals surface area contributed by atoms with Crippen LogP contribution in [0.15, 0.2) is 58.1 Å². The molecule has 1 aromatic carbocycles. The summed E-state index contributed by atoms with van der Waals surface area (Å²) in [5.74, 6) is 1.28. The van der Waals surface area contributed by atoms with E-state index in [-0.39, 0.29) is 6.54 Å². The number of aliphatic hydroxyl groups is 1. The smallest absolute Gasteiger partial charge is 0.191 e. The van der Waals surface area contributed by atoms with Crippen LogP contribution < -0.4 is 10.6 Å². The lowest BCUT2D eigenvalue weighted by Gasteiger charge is -2.21. The van der Waals surface area contributed by atoms with E-state index in [4.69, 9.17) is 4.42 Å². The first-order chi connectivity index (χ1) is 13.2. The third-order valence-corrected chi connectivity index (χ3v) is 4.91. The maximum atomic E-state index is 10.2. The summed E-state index contributed by atoms with van der Waals surface area (Å²) in [6.07, 6.45) is 1.90. The SMILES string of the molecule is CCNC(=NCC(O)c1ccco1)NC1CC(C)N(Cc2ccccc2)C1. The minimum Gasteiger partial charge on any atom is -0.467 e. The van der Waals surface area contributed by atoms with E-state index in [1.165, 1.54) is 5.56 Å². The van der Waals surface area contributed by atoms with E-state index in [1.807, 2.05) is 6.92 Å². The predicted octanol–water partition coefficient (Wildman–Crippen LogP) is 2.53. The van der Waals surface area contributed by atoms with Gasteiger partial charge in [-0.3, -0.25) is 9.89 Å². The molecule has 2 heterocycles. The maximum absolute atomic E-state index is 10.2. The molecule has 0 aliphatic carbocycles. The lowest BCUT2D eigenvalue weighted by molar-refractivity contribution is 0.158. The number of guanidine groups is 1. The molecule has 1 saturated heterocycles. The Morgan fingerprint density at radius 3 is 2.81 bits per heavy atom. The summed E-state index contributed by atoms with van der Waals surface area (Å²) >= 11 is 0. The zero-order valence-corrected chi connectivity index (χ0v) is 16.1. The average molecular weight is 370 g/mol. The van der Waals surface area contributed by atoms with E-state index >= 15 is 0 Å². The number of furan rings is 1. The van der Waals surface area contributed by atoms with Gasteiger partial charge in [0.15, 0.2) is 5.96 Å². The number of aliphatic hydroxyl groups excluding tert-OH is 1. The highest BCUT2D eigenvalue weighted by Crippen LogP contribution is 2.20. The number of aliphatic imine (C=N–C) groups is 1. The minimum absolute atomic E-state index is 0.263. The van der Waals surface area contributed by atoms with Crippen LogP contribution >= 0.6 is 0 Å². The fourth-order valence-corrected chi connectivity index (χ4v) is 3.50. The largest absolute Gasteiger partial charge is 0.467 e. The van der Waals surface area contributed by atoms with Crippen molar-refractivity contribution in [3.05, 3.63) is 60.1 Å². The summed E-state index contributed by atoms with van der Waals surface area (Å²) in [5, 5.41) is 17.0. The Bertz CT molecular complexity index is 702. The normalized spacial score (nSPS) is 22.0. The molecular formula is C21H30N4O2. The van der Waals surface area contributed by atoms with E-state index in [0.717, 1.165) is 32.0 Å². The van der Waals surface area contributed by atoms with E-state index in [0.29, 0.717) is 17.8 Å². The molecule has 6 heteroatoms. The van der Waals surface area contributed by atoms with Gasteiger partial charge in [-0.15, -0.1) is 0 Å². The molecule has 1 fully saturated rings. The van der Waals surface area contributed by atoms with Crippen molar-refractivity contribution in [1.82, 2.24) is 15.5 Å². The number of likely N-dealkylation sites (tertiary alicyclic amines) is 1. The second kappa shape index (κ2) is 9.58. The Hall–Kier alpha value is -2.31. The van der Waals surface area contributed by atoms with Crippen LogP contribution in [0.25, 0.3) is 0 Å². The first-order valence-corrected chi connectivity index (χ1v) is 9.70. The van der Waals surface area contributed by atoms with Gasteiger partial charge in [0.25, 0.3) is 0 Å². The molecule has 0 amide bonds. The van der Waals surface area contributed by atoms with Crippen molar-refractivity contribution < 1.29 is 9.52 Å². The lowest BCUT2D eigenvalue weighted by Crippen LogP contribution is -2.44. The standard InChI is InChI=1S/C21H30N4O2/c1-3-22-21(23-13-19(26)20-10-7-11-27-20)24-18-12-16(2)25(15-18)14-17-8-5-4-6-9-17/h4-11,16,18-19,26H,3,12-15H2,1-2H3,(H2,22,23,24). The van der Waals surface area contributed by atoms with Crippen LogP contribution in [0.5, 0.6) is 0 Å². The fourth-order valence-electron chi connectivity index (χ4n) is 3.50. The topological polar surface area (TPSA) is 73.0 Å². The number of hydrogen-bond acceptors (Lipinski definition) is 4. The highest BCUT2D eigenvalue weighted by atomic mass is 16.4. The molecule has 0 spiro atoms. The van der Waals surface area contributed by atoms with Gasteiger partial charge >= 0.3 is 0 Å². The molecule has 3 unspecified atom stereocenters. The van der Waals surface area contributed by atoms with E-state index in [1.54, 1.807) is 18.4 Å². The van der Waals surface area contributed by atoms with Crippen molar-refractivity contribution >= 4 is 5.96 Å². The number of hydrogen-bond donors (Lipinski definition) is 3. The van der Waals surface area contributed by atoms with Crippen molar-refractivity contribution in [2.24, 2.45) is 4.99 Å². The molecular weight excluding hydrogens is 340 g/mol. The quantitative estimate of drug-likeness (QED) is 0.516. The summed E-state index contributed by atoms with van der Waals surface area (Å²) in [5.41, 5.74) is 1.34. The van der Waals surface area contributed by atoms with Gasteiger partial charge in [-0.05, 0) is 38.0 Å². The second-order valence-electron chi connectivity index (χ2n) is 7.09. The zero-order valence-electron chi connectivity index (χ0n) is 16.1. The molecule has 0 radical (unpaired) electrons. The molecule has 3 atom stereocenters. The van der Waals surface area contributed by atoms with Gasteiger partial charge in [0.05, 0.1) is 12.8 Å². The highest BCUT2D eigenvalue weighted by molar-refractivity contribution is 5.80. The van der Waals surface area contributed by atoms with E-state index < -0.39 is 6.10 Å². The van der Waals surface area contributed by atoms with Crippen LogP contribution in [0, 0.1) is 0 Å². The molecule has 1 aliphatic heterocycles. The van der Waals surface area contributed by atoms with Crippen LogP contribution in [0.4, 0.5) is 0 Å². The molecule has 3 rings (SSSR count). The predicted molar refractivity (Wildman–Crippen MR) is 108 cm³/mol. The van der Waals surface area contributed by atoms with Crippen LogP contribution in [0.3, 0.4) is 0 Å². The summed E-state index contributed by atoms with van der Waals surface area (Å²) in [4.78, 5) is 7.03. The molecule has 2 aromatic rings. The summed E-state index contributed by atoms with van der Waals surface area (Å²) < 4.78 is 5.24. The Kier molecular flexibility index (Phi) is 6.90. The molecule has 0 saturated carbocycles. The number of rotatable bonds is 7. The van der Waals surface area contributed by atoms with Crippen molar-refractivity contribution in [2.75, 3.05) is 19.6 Å². The minimum atomic E-state index is -0.729. The van der Waals surface area contributed by atoms with Crippen LogP contribution in [-0.2, 0) is 6.54 Å². The van der Waals surface area contributed by atoms with Gasteiger partial charge in [-0.1, -0.05) is 30.3 Å². The van der Waals surface area contributed by atoms with Crippen molar-refractivity contribution in [2.45, 2.75) is 45.0 Å². The number of nitrogens with one attached hydrogen (secondary N) is 2. The Morgan fingerprint density at radius 1 is 1.30 bits per heavy atom. The third kappa shape index (κ3) is 5.58. The monoisotopic (exact) mass is 370 g/mol. The highest BCUT2D eigenvalue weighted by Gasteiger charge is 2.29. The van der Waals surface area contributed by atoms with Gasteiger partial charge < -0.3 is 20.2 Å². The Morgan fingerprint density at radius 2 is 2.11 bits per heavy atom. The third-order valence-electron chi connectivity index (χ3n) is 4.91. The van der Waals surface area contributed by atoms with Crippen molar-refractivity contribution in [3.8, 4) is 0 Å². The van der Waals surface area contributed by atoms with Crippen molar-refractivity contribution in [3.63, 3.8) is 0 Å². The average Bonchev–Trinajstić information content (AvgIpc) is 3.31. The number of benzene rings is 1. The molecule has 0 bridgehead atoms. The summed E-state index contributed by atoms with van der Waals surface area (Å²) in [7, 11) is 0. The van der Waals surface area contributed by atoms with Gasteiger partial charge in [0.1, 0.15) is 11.9 Å². The van der Waals surface area contributed by atoms with Crippen molar-refractivity contribution in [1.29, 1.82) is 0 Å². The van der Waals surface area contributed by atoms with Crippen LogP contribution in [0.1, 0.15) is 37.7 Å². The van der Waals surface area contributed by atoms with Crippen LogP contribution in [-0.4, -0.2) is 47.7 Å². The van der Waals surface area contributed by atoms with Gasteiger partial charge in [-0.25, -0.2) is 0 Å². The lowest BCUT2D eigenvalue weighted by atomic mass is 10.2. The molecule has 27 heavy (non-hydrogen) atoms. The fraction of sp³-hybridized carbons (Fsp3) is 0.476. The van der Waals surface area contributed by atoms with Crippen LogP contribution in [0.2, 0.25) is 0 Å². The molecule has 3 N–H and O–H groups in total. The summed E-state index contributed by atoms with van der Waals surface area (Å²) in [6, 6.07) is 15.0. The van der Waals surface area contributed by atoms with E-state index in [9.17, 15) is 5.11 Å². The number of nitrogens with zero attached hydrogens (tertiary/aromatic N) is 2. The zero-order chi connectivity index (χ0) is 19.1. The van der Waals surface area contributed by atoms with E-state index in [2.05, 4.69) is 57.8 Å².